The van der Waals surface area contributed by atoms with E-state index in [1.807, 2.05) is 42.5 Å². The van der Waals surface area contributed by atoms with Gasteiger partial charge >= 0.3 is 144 Å². The van der Waals surface area contributed by atoms with E-state index < -0.39 is 19.9 Å². The van der Waals surface area contributed by atoms with Crippen LogP contribution in [0.4, 0.5) is 0 Å². The van der Waals surface area contributed by atoms with E-state index in [9.17, 15) is 5.11 Å². The minimum atomic E-state index is -2.46. The number of halogens is 2. The summed E-state index contributed by atoms with van der Waals surface area (Å²) in [5.41, 5.74) is 1.97. The molecule has 114 valence electrons. The van der Waals surface area contributed by atoms with E-state index in [4.69, 9.17) is 0 Å². The van der Waals surface area contributed by atoms with Crippen LogP contribution >= 0.6 is 25.5 Å². The Morgan fingerprint density at radius 1 is 1.00 bits per heavy atom. The van der Waals surface area contributed by atoms with Crippen molar-refractivity contribution in [3.05, 3.63) is 65.7 Å². The molecule has 0 fully saturated rings. The van der Waals surface area contributed by atoms with Gasteiger partial charge in [-0.3, -0.25) is 0 Å². The molecule has 0 amide bonds. The fraction of sp³-hybridized carbons (Fsp3) is 0.294. The molecule has 0 bridgehead atoms. The van der Waals surface area contributed by atoms with Crippen LogP contribution in [0.25, 0.3) is 0 Å². The monoisotopic (exact) mass is 528 g/mol. The molecule has 0 aromatic heterocycles. The Labute approximate surface area is 143 Å². The molecule has 1 unspecified atom stereocenters. The van der Waals surface area contributed by atoms with Crippen LogP contribution in [0.1, 0.15) is 37.0 Å². The molecule has 0 heterocycles. The molecule has 0 radical (unpaired) electrons. The molecular formula is C17H20Br2OTe. The number of aliphatic hydroxyl groups is 1. The third-order valence-electron chi connectivity index (χ3n) is 3.40. The number of aliphatic hydroxyl groups excluding tert-OH is 1. The molecule has 0 aliphatic heterocycles. The van der Waals surface area contributed by atoms with Crippen LogP contribution in [0.15, 0.2) is 54.6 Å². The first kappa shape index (κ1) is 17.5. The molecule has 2 aromatic rings. The van der Waals surface area contributed by atoms with Crippen molar-refractivity contribution in [2.45, 2.75) is 30.3 Å². The Bertz CT molecular complexity index is 572. The van der Waals surface area contributed by atoms with Gasteiger partial charge in [0.05, 0.1) is 0 Å². The second-order valence-corrected chi connectivity index (χ2v) is 31.3. The summed E-state index contributed by atoms with van der Waals surface area (Å²) in [7, 11) is 0. The quantitative estimate of drug-likeness (QED) is 0.524. The normalized spacial score (nSPS) is 13.9. The molecule has 2 aromatic carbocycles. The number of hydrogen-bond acceptors (Lipinski definition) is 1. The van der Waals surface area contributed by atoms with Crippen LogP contribution in [0.2, 0.25) is 4.47 Å². The Hall–Kier alpha value is 0.150. The first-order valence-electron chi connectivity index (χ1n) is 7.08. The molecule has 2 rings (SSSR count). The van der Waals surface area contributed by atoms with E-state index in [1.54, 1.807) is 0 Å². The van der Waals surface area contributed by atoms with Gasteiger partial charge in [-0.15, -0.1) is 0 Å². The van der Waals surface area contributed by atoms with Crippen LogP contribution in [0.5, 0.6) is 0 Å². The molecule has 0 aliphatic rings. The molecule has 4 heteroatoms. The van der Waals surface area contributed by atoms with Crippen molar-refractivity contribution in [2.75, 3.05) is 0 Å². The van der Waals surface area contributed by atoms with Gasteiger partial charge < -0.3 is 0 Å². The number of benzene rings is 2. The standard InChI is InChI=1S/C17H20Br2OTe/c1-2-3-13-21(18,19)16-12-8-7-11-15(16)17(20)14-9-5-4-6-10-14/h4-12,17,20H,2-3,13H2,1H3. The summed E-state index contributed by atoms with van der Waals surface area (Å²) in [4.78, 5) is 0. The molecule has 0 saturated carbocycles. The number of hydrogen-bond donors (Lipinski definition) is 1. The van der Waals surface area contributed by atoms with Gasteiger partial charge in [0, 0.05) is 0 Å². The van der Waals surface area contributed by atoms with Gasteiger partial charge in [0.1, 0.15) is 0 Å². The molecule has 1 N–H and O–H groups in total. The van der Waals surface area contributed by atoms with Gasteiger partial charge in [0.15, 0.2) is 0 Å². The van der Waals surface area contributed by atoms with Crippen molar-refractivity contribution in [1.82, 2.24) is 0 Å². The minimum absolute atomic E-state index is 0.565. The maximum absolute atomic E-state index is 10.8. The summed E-state index contributed by atoms with van der Waals surface area (Å²) in [6.07, 6.45) is 1.83. The summed E-state index contributed by atoms with van der Waals surface area (Å²) >= 11 is 5.50. The summed E-state index contributed by atoms with van der Waals surface area (Å²) in [5.74, 6) is 0. The third-order valence-corrected chi connectivity index (χ3v) is 17.6. The topological polar surface area (TPSA) is 20.2 Å². The molecular weight excluding hydrogens is 508 g/mol. The van der Waals surface area contributed by atoms with E-state index in [-0.39, 0.29) is 0 Å². The second kappa shape index (κ2) is 8.13. The average molecular weight is 528 g/mol. The zero-order chi connectivity index (χ0) is 15.3. The average Bonchev–Trinajstić information content (AvgIpc) is 2.53. The van der Waals surface area contributed by atoms with Crippen LogP contribution in [-0.4, -0.2) is 18.9 Å². The molecule has 0 spiro atoms. The Balaban J connectivity index is 2.37. The summed E-state index contributed by atoms with van der Waals surface area (Å²) in [5, 5.41) is 10.8. The molecule has 21 heavy (non-hydrogen) atoms. The van der Waals surface area contributed by atoms with E-state index >= 15 is 0 Å². The van der Waals surface area contributed by atoms with Crippen molar-refractivity contribution in [3.8, 4) is 0 Å². The maximum atomic E-state index is 10.8. The first-order chi connectivity index (χ1) is 10.1. The SMILES string of the molecule is CCCC[Te](Br)(Br)c1ccccc1C(O)c1ccccc1. The predicted molar refractivity (Wildman–Crippen MR) is 99.9 cm³/mol. The summed E-state index contributed by atoms with van der Waals surface area (Å²) < 4.78 is 2.45. The molecule has 0 aliphatic carbocycles. The van der Waals surface area contributed by atoms with Crippen molar-refractivity contribution in [2.24, 2.45) is 0 Å². The van der Waals surface area contributed by atoms with E-state index in [0.29, 0.717) is 0 Å². The van der Waals surface area contributed by atoms with Crippen LogP contribution in [0, 0.1) is 0 Å². The van der Waals surface area contributed by atoms with Crippen LogP contribution in [-0.2, 0) is 0 Å². The fourth-order valence-electron chi connectivity index (χ4n) is 2.23. The number of rotatable bonds is 6. The van der Waals surface area contributed by atoms with Crippen molar-refractivity contribution < 1.29 is 5.11 Å². The van der Waals surface area contributed by atoms with Crippen molar-refractivity contribution >= 4 is 42.9 Å². The number of unbranched alkanes of at least 4 members (excludes halogenated alkanes) is 1. The van der Waals surface area contributed by atoms with E-state index in [2.05, 4.69) is 44.6 Å². The summed E-state index contributed by atoms with van der Waals surface area (Å²) in [6.45, 7) is 2.21. The van der Waals surface area contributed by atoms with Gasteiger partial charge in [-0.1, -0.05) is 0 Å². The van der Waals surface area contributed by atoms with Crippen molar-refractivity contribution in [3.63, 3.8) is 0 Å². The summed E-state index contributed by atoms with van der Waals surface area (Å²) in [6, 6.07) is 18.1. The van der Waals surface area contributed by atoms with E-state index in [1.165, 1.54) is 16.5 Å². The Kier molecular flexibility index (Phi) is 6.77. The van der Waals surface area contributed by atoms with Crippen LogP contribution in [0.3, 0.4) is 0 Å². The van der Waals surface area contributed by atoms with Gasteiger partial charge in [-0.2, -0.15) is 0 Å². The molecule has 0 saturated heterocycles. The van der Waals surface area contributed by atoms with Crippen molar-refractivity contribution in [1.29, 1.82) is 0 Å². The van der Waals surface area contributed by atoms with E-state index in [0.717, 1.165) is 15.6 Å². The Morgan fingerprint density at radius 3 is 2.29 bits per heavy atom. The predicted octanol–water partition coefficient (Wildman–Crippen LogP) is 5.01. The second-order valence-electron chi connectivity index (χ2n) is 4.98. The van der Waals surface area contributed by atoms with Gasteiger partial charge in [0.25, 0.3) is 0 Å². The van der Waals surface area contributed by atoms with Gasteiger partial charge in [-0.05, 0) is 0 Å². The fourth-order valence-corrected chi connectivity index (χ4v) is 14.0. The zero-order valence-electron chi connectivity index (χ0n) is 12.0. The molecule has 1 atom stereocenters. The Morgan fingerprint density at radius 2 is 1.62 bits per heavy atom. The van der Waals surface area contributed by atoms with Gasteiger partial charge in [-0.25, -0.2) is 0 Å². The van der Waals surface area contributed by atoms with Crippen LogP contribution < -0.4 is 3.61 Å². The van der Waals surface area contributed by atoms with Gasteiger partial charge in [0.2, 0.25) is 0 Å². The molecule has 1 nitrogen and oxygen atoms in total. The zero-order valence-corrected chi connectivity index (χ0v) is 17.5. The first-order valence-corrected chi connectivity index (χ1v) is 20.3. The third kappa shape index (κ3) is 4.56.